The maximum atomic E-state index is 5.09. The van der Waals surface area contributed by atoms with Crippen LogP contribution in [0.4, 0.5) is 0 Å². The number of aromatic nitrogens is 2. The summed E-state index contributed by atoms with van der Waals surface area (Å²) >= 11 is 0. The molecule has 1 saturated heterocycles. The average Bonchev–Trinajstić information content (AvgIpc) is 3.83. The Hall–Kier alpha value is -4.09. The Balaban J connectivity index is 1.01. The van der Waals surface area contributed by atoms with Crippen LogP contribution < -0.4 is 21.3 Å². The van der Waals surface area contributed by atoms with E-state index in [0.717, 1.165) is 67.8 Å². The molecule has 5 N–H and O–H groups in total. The molecule has 10 heteroatoms. The van der Waals surface area contributed by atoms with Gasteiger partial charge >= 0.3 is 0 Å². The number of benzene rings is 1. The maximum absolute atomic E-state index is 5.09. The van der Waals surface area contributed by atoms with Crippen molar-refractivity contribution >= 4 is 22.7 Å². The largest absolute Gasteiger partial charge is 0.364 e. The molecule has 7 atom stereocenters. The first kappa shape index (κ1) is 31.2. The van der Waals surface area contributed by atoms with E-state index < -0.39 is 0 Å². The lowest BCUT2D eigenvalue weighted by atomic mass is 10.0. The topological polar surface area (TPSA) is 108 Å². The molecular formula is C38H48N10. The minimum atomic E-state index is 0.164. The summed E-state index contributed by atoms with van der Waals surface area (Å²) in [7, 11) is 0. The van der Waals surface area contributed by atoms with Crippen molar-refractivity contribution in [3.63, 3.8) is 0 Å². The second-order valence-electron chi connectivity index (χ2n) is 14.4. The first-order valence-electron chi connectivity index (χ1n) is 17.5. The number of amidine groups is 2. The van der Waals surface area contributed by atoms with Gasteiger partial charge in [0.1, 0.15) is 17.5 Å². The molecule has 10 nitrogen and oxygen atoms in total. The van der Waals surface area contributed by atoms with Gasteiger partial charge in [-0.1, -0.05) is 77.5 Å². The van der Waals surface area contributed by atoms with Gasteiger partial charge in [-0.15, -0.1) is 0 Å². The van der Waals surface area contributed by atoms with Crippen molar-refractivity contribution in [2.75, 3.05) is 32.7 Å². The summed E-state index contributed by atoms with van der Waals surface area (Å²) < 4.78 is 0. The Morgan fingerprint density at radius 1 is 0.667 bits per heavy atom. The number of hydrogen-bond donors (Lipinski definition) is 5. The highest BCUT2D eigenvalue weighted by Gasteiger charge is 2.34. The fourth-order valence-electron chi connectivity index (χ4n) is 7.73. The molecule has 0 spiro atoms. The Bertz CT molecular complexity index is 1740. The summed E-state index contributed by atoms with van der Waals surface area (Å²) in [5.74, 6) is 3.08. The second-order valence-corrected chi connectivity index (χ2v) is 14.4. The van der Waals surface area contributed by atoms with Crippen LogP contribution in [0.25, 0.3) is 11.0 Å². The van der Waals surface area contributed by atoms with Gasteiger partial charge < -0.3 is 15.6 Å². The van der Waals surface area contributed by atoms with Crippen LogP contribution in [-0.2, 0) is 6.54 Å². The van der Waals surface area contributed by atoms with Crippen LogP contribution in [0.1, 0.15) is 32.2 Å². The summed E-state index contributed by atoms with van der Waals surface area (Å²) in [6.07, 6.45) is 20.4. The third-order valence-corrected chi connectivity index (χ3v) is 10.2. The van der Waals surface area contributed by atoms with Gasteiger partial charge in [0.2, 0.25) is 0 Å². The first-order chi connectivity index (χ1) is 23.3. The van der Waals surface area contributed by atoms with Gasteiger partial charge in [-0.25, -0.2) is 4.98 Å². The highest BCUT2D eigenvalue weighted by molar-refractivity contribution is 5.90. The number of aromatic amines is 1. The van der Waals surface area contributed by atoms with E-state index in [0.29, 0.717) is 12.1 Å². The number of H-pyrrole nitrogens is 1. The molecule has 2 aromatic rings. The van der Waals surface area contributed by atoms with Gasteiger partial charge in [0, 0.05) is 31.7 Å². The third kappa shape index (κ3) is 6.89. The minimum Gasteiger partial charge on any atom is -0.364 e. The standard InChI is InChI=1S/C38H48N10/c1-23-5-9-27-31(15-23)43-35(39-27)19-47(20-36-40-28-10-6-24(2)16-32(28)44-36)13-14-48(21-37-41-29-11-7-25(3)17-33(29)45-37)22-38-42-30-12-8-26(4)18-34(30)46-38/h5-12,15-18,27-29,31-33,37,41,45H,13-14,19-22H2,1-4H3,(H,39,43)(H,40,44)(H,42,46). The Labute approximate surface area is 283 Å². The van der Waals surface area contributed by atoms with Crippen molar-refractivity contribution < 1.29 is 0 Å². The fraction of sp³-hybridized carbons (Fsp3) is 0.447. The monoisotopic (exact) mass is 644 g/mol. The smallest absolute Gasteiger partial charge is 0.121 e. The predicted octanol–water partition coefficient (Wildman–Crippen LogP) is 3.26. The lowest BCUT2D eigenvalue weighted by Crippen LogP contribution is -2.49. The van der Waals surface area contributed by atoms with Crippen molar-refractivity contribution in [3.8, 4) is 0 Å². The molecule has 0 amide bonds. The highest BCUT2D eigenvalue weighted by atomic mass is 15.3. The number of rotatable bonds is 11. The van der Waals surface area contributed by atoms with Crippen LogP contribution in [0.2, 0.25) is 0 Å². The second kappa shape index (κ2) is 13.1. The van der Waals surface area contributed by atoms with Crippen LogP contribution in [-0.4, -0.2) is 107 Å². The van der Waals surface area contributed by atoms with E-state index in [-0.39, 0.29) is 30.3 Å². The van der Waals surface area contributed by atoms with E-state index in [4.69, 9.17) is 15.0 Å². The van der Waals surface area contributed by atoms with Crippen LogP contribution >= 0.6 is 0 Å². The normalized spacial score (nSPS) is 30.0. The molecule has 4 heterocycles. The SMILES string of the molecule is CC1=CC2NC(CN(CCN(Cc3nc4ccc(C)cc4[nH]3)CC3NC4C=CC(C)=CC4N3)CC3=NC4C=CC(C)=CC4N3)=NC2C=C1. The zero-order valence-electron chi connectivity index (χ0n) is 28.4. The van der Waals surface area contributed by atoms with E-state index >= 15 is 0 Å². The predicted molar refractivity (Wildman–Crippen MR) is 195 cm³/mol. The van der Waals surface area contributed by atoms with Crippen molar-refractivity contribution in [2.45, 2.75) is 76.7 Å². The number of allylic oxidation sites excluding steroid dienone is 6. The molecule has 1 aromatic heterocycles. The molecule has 3 aliphatic heterocycles. The van der Waals surface area contributed by atoms with Gasteiger partial charge in [-0.05, 0) is 45.4 Å². The Kier molecular flexibility index (Phi) is 8.50. The van der Waals surface area contributed by atoms with E-state index in [2.05, 4.69) is 137 Å². The van der Waals surface area contributed by atoms with Crippen molar-refractivity contribution in [2.24, 2.45) is 9.98 Å². The zero-order valence-corrected chi connectivity index (χ0v) is 28.4. The molecule has 1 fully saturated rings. The summed E-state index contributed by atoms with van der Waals surface area (Å²) in [6.45, 7) is 13.4. The number of fused-ring (bicyclic) bond motifs is 4. The molecule has 8 rings (SSSR count). The Morgan fingerprint density at radius 2 is 1.27 bits per heavy atom. The molecule has 0 saturated carbocycles. The molecule has 3 aliphatic carbocycles. The van der Waals surface area contributed by atoms with Gasteiger partial charge in [-0.3, -0.25) is 30.4 Å². The van der Waals surface area contributed by atoms with Crippen molar-refractivity contribution in [1.29, 1.82) is 0 Å². The molecule has 0 radical (unpaired) electrons. The summed E-state index contributed by atoms with van der Waals surface area (Å²) in [5.41, 5.74) is 7.22. The van der Waals surface area contributed by atoms with Gasteiger partial charge in [0.05, 0.1) is 61.0 Å². The molecule has 250 valence electrons. The number of nitrogens with zero attached hydrogens (tertiary/aromatic N) is 5. The van der Waals surface area contributed by atoms with E-state index in [9.17, 15) is 0 Å². The summed E-state index contributed by atoms with van der Waals surface area (Å²) in [6, 6.07) is 7.85. The van der Waals surface area contributed by atoms with Gasteiger partial charge in [-0.2, -0.15) is 0 Å². The molecule has 1 aromatic carbocycles. The average molecular weight is 645 g/mol. The maximum Gasteiger partial charge on any atom is 0.121 e. The van der Waals surface area contributed by atoms with Gasteiger partial charge in [0.25, 0.3) is 0 Å². The van der Waals surface area contributed by atoms with Crippen LogP contribution in [0.5, 0.6) is 0 Å². The van der Waals surface area contributed by atoms with Crippen molar-refractivity contribution in [3.05, 3.63) is 101 Å². The molecule has 7 unspecified atom stereocenters. The molecule has 48 heavy (non-hydrogen) atoms. The minimum absolute atomic E-state index is 0.164. The van der Waals surface area contributed by atoms with Gasteiger partial charge in [0.15, 0.2) is 0 Å². The zero-order chi connectivity index (χ0) is 32.8. The quantitative estimate of drug-likeness (QED) is 0.256. The number of aryl methyl sites for hydroxylation is 1. The van der Waals surface area contributed by atoms with E-state index in [1.807, 2.05) is 0 Å². The van der Waals surface area contributed by atoms with Crippen LogP contribution in [0, 0.1) is 6.92 Å². The third-order valence-electron chi connectivity index (χ3n) is 10.2. The number of hydrogen-bond acceptors (Lipinski definition) is 9. The van der Waals surface area contributed by atoms with Crippen LogP contribution in [0.3, 0.4) is 0 Å². The van der Waals surface area contributed by atoms with E-state index in [1.165, 1.54) is 22.3 Å². The number of aliphatic imine (C=N–C) groups is 2. The Morgan fingerprint density at radius 3 is 1.96 bits per heavy atom. The molecule has 0 bridgehead atoms. The molecule has 6 aliphatic rings. The first-order valence-corrected chi connectivity index (χ1v) is 17.5. The fourth-order valence-corrected chi connectivity index (χ4v) is 7.73. The summed E-state index contributed by atoms with van der Waals surface area (Å²) in [4.78, 5) is 23.8. The lowest BCUT2D eigenvalue weighted by molar-refractivity contribution is 0.197. The summed E-state index contributed by atoms with van der Waals surface area (Å²) in [5, 5.41) is 15.1. The number of imidazole rings is 1. The number of nitrogens with one attached hydrogen (secondary N) is 5. The molecular weight excluding hydrogens is 596 g/mol. The van der Waals surface area contributed by atoms with E-state index in [1.54, 1.807) is 0 Å². The lowest BCUT2D eigenvalue weighted by Gasteiger charge is -2.29. The van der Waals surface area contributed by atoms with Crippen LogP contribution in [0.15, 0.2) is 99.6 Å². The highest BCUT2D eigenvalue weighted by Crippen LogP contribution is 2.22. The van der Waals surface area contributed by atoms with Crippen molar-refractivity contribution in [1.82, 2.24) is 41.0 Å².